The molecule has 1 aromatic rings. The molecule has 0 radical (unpaired) electrons. The highest BCUT2D eigenvalue weighted by Crippen LogP contribution is 2.76. The molecule has 11 atom stereocenters. The minimum atomic E-state index is -0.871. The summed E-state index contributed by atoms with van der Waals surface area (Å²) in [6, 6.07) is 8.52. The third-order valence-electron chi connectivity index (χ3n) is 19.7. The molecule has 0 aromatic heterocycles. The molecule has 0 spiro atoms. The van der Waals surface area contributed by atoms with Crippen molar-refractivity contribution in [1.29, 1.82) is 0 Å². The molecule has 3 N–H and O–H groups in total. The lowest BCUT2D eigenvalue weighted by atomic mass is 9.33. The average Bonchev–Trinajstić information content (AvgIpc) is 3.56. The van der Waals surface area contributed by atoms with Crippen LogP contribution >= 0.6 is 0 Å². The van der Waals surface area contributed by atoms with Gasteiger partial charge in [-0.2, -0.15) is 0 Å². The number of fused-ring (bicyclic) bond motifs is 7. The highest BCUT2D eigenvalue weighted by Gasteiger charge is 2.71. The van der Waals surface area contributed by atoms with Crippen LogP contribution in [0.5, 0.6) is 0 Å². The molecule has 2 aliphatic heterocycles. The quantitative estimate of drug-likeness (QED) is 0.214. The topological polar surface area (TPSA) is 97.4 Å². The van der Waals surface area contributed by atoms with E-state index < -0.39 is 5.97 Å². The lowest BCUT2D eigenvalue weighted by Crippen LogP contribution is -2.69. The number of ether oxygens (including phenoxy) is 1. The Hall–Kier alpha value is -2.72. The Labute approximate surface area is 361 Å². The van der Waals surface area contributed by atoms with Crippen molar-refractivity contribution in [2.24, 2.45) is 51.2 Å². The summed E-state index contributed by atoms with van der Waals surface area (Å²) >= 11 is 0. The lowest BCUT2D eigenvalue weighted by Gasteiger charge is -2.72. The van der Waals surface area contributed by atoms with E-state index in [9.17, 15) is 14.7 Å². The second-order valence-electron chi connectivity index (χ2n) is 23.1. The summed E-state index contributed by atoms with van der Waals surface area (Å²) in [5, 5.41) is 17.0. The molecule has 5 saturated carbocycles. The van der Waals surface area contributed by atoms with E-state index in [1.807, 2.05) is 12.1 Å². The monoisotopic (exact) mass is 824 g/mol. The van der Waals surface area contributed by atoms with Gasteiger partial charge in [0.25, 0.3) is 0 Å². The summed E-state index contributed by atoms with van der Waals surface area (Å²) in [5.41, 5.74) is 4.45. The highest BCUT2D eigenvalue weighted by atomic mass is 16.5. The zero-order valence-corrected chi connectivity index (χ0v) is 38.4. The summed E-state index contributed by atoms with van der Waals surface area (Å²) in [6.45, 7) is 25.5. The van der Waals surface area contributed by atoms with Gasteiger partial charge in [-0.05, 0) is 173 Å². The molecule has 1 aromatic carbocycles. The SMILES string of the molecule is C=C(C)[C@@H]1CC[C@]2(NC(=O)NC3(CN4CCCN([C@@H]5COC[C@H]5N(C)C)C4)CC3)CC[C@]3(C)[C@H](CC[C@@H]4[C@@]5(C)CC=C(c6ccc(C(=O)O)cc6)C(C)(C)[C@@H]5CC[C@]43C)[C@@H]12. The first-order valence-corrected chi connectivity index (χ1v) is 23.9. The van der Waals surface area contributed by atoms with Crippen LogP contribution in [0.2, 0.25) is 0 Å². The van der Waals surface area contributed by atoms with Crippen LogP contribution in [-0.4, -0.2) is 109 Å². The van der Waals surface area contributed by atoms with Crippen molar-refractivity contribution >= 4 is 17.6 Å². The van der Waals surface area contributed by atoms with Crippen molar-refractivity contribution in [3.8, 4) is 0 Å². The van der Waals surface area contributed by atoms with E-state index in [-0.39, 0.29) is 38.8 Å². The predicted octanol–water partition coefficient (Wildman–Crippen LogP) is 8.91. The number of hydrogen-bond acceptors (Lipinski definition) is 6. The van der Waals surface area contributed by atoms with Gasteiger partial charge in [-0.3, -0.25) is 9.80 Å². The highest BCUT2D eigenvalue weighted by molar-refractivity contribution is 5.88. The standard InChI is InChI=1S/C51H77N5O4/c1-33(2)36-17-22-51(53-45(59)52-50(24-25-50)31-55-27-10-28-56(32-55)40-30-60-29-39(40)54(8)9)26-23-48(6)38(43(36)51)15-16-42-47(5)20-18-37(34-11-13-35(14-12-34)44(57)58)46(3,4)41(47)19-21-49(42,48)7/h11-14,18,36,38-43H,1,10,15-17,19-32H2,2-9H3,(H,57,58)(H2,52,53,59)/t36-,38+,39+,40+,41-,42+,43+,47-,48+,49+,51-/m0/s1. The fourth-order valence-corrected chi connectivity index (χ4v) is 16.3. The van der Waals surface area contributed by atoms with Crippen molar-refractivity contribution in [2.45, 2.75) is 142 Å². The number of amides is 2. The zero-order valence-electron chi connectivity index (χ0n) is 38.4. The third-order valence-corrected chi connectivity index (χ3v) is 19.7. The normalized spacial score (nSPS) is 42.0. The van der Waals surface area contributed by atoms with Gasteiger partial charge >= 0.3 is 12.0 Å². The fraction of sp³-hybridized carbons (Fsp3) is 0.765. The first kappa shape index (κ1) is 42.6. The summed E-state index contributed by atoms with van der Waals surface area (Å²) < 4.78 is 5.96. The van der Waals surface area contributed by atoms with E-state index in [0.29, 0.717) is 47.2 Å². The number of carbonyl (C=O) groups excluding carboxylic acids is 1. The molecule has 2 saturated heterocycles. The average molecular weight is 824 g/mol. The molecular formula is C51H77N5O4. The summed E-state index contributed by atoms with van der Waals surface area (Å²) in [4.78, 5) is 33.6. The predicted molar refractivity (Wildman–Crippen MR) is 240 cm³/mol. The van der Waals surface area contributed by atoms with Crippen molar-refractivity contribution in [3.05, 3.63) is 53.6 Å². The minimum Gasteiger partial charge on any atom is -0.478 e. The number of carboxylic acids is 1. The van der Waals surface area contributed by atoms with E-state index in [4.69, 9.17) is 4.74 Å². The van der Waals surface area contributed by atoms with Crippen LogP contribution in [0.25, 0.3) is 5.57 Å². The van der Waals surface area contributed by atoms with Crippen LogP contribution in [0.4, 0.5) is 4.79 Å². The number of carbonyl (C=O) groups is 2. The van der Waals surface area contributed by atoms with Crippen LogP contribution in [0.3, 0.4) is 0 Å². The number of urea groups is 1. The van der Waals surface area contributed by atoms with Gasteiger partial charge in [0.1, 0.15) is 0 Å². The number of carboxylic acid groups (broad SMARTS) is 1. The molecular weight excluding hydrogens is 747 g/mol. The number of hydrogen-bond donors (Lipinski definition) is 3. The maximum Gasteiger partial charge on any atom is 0.335 e. The Balaban J connectivity index is 0.918. The van der Waals surface area contributed by atoms with Crippen LogP contribution in [-0.2, 0) is 4.74 Å². The van der Waals surface area contributed by atoms with Gasteiger partial charge in [0.15, 0.2) is 0 Å². The number of nitrogens with zero attached hydrogens (tertiary/aromatic N) is 3. The molecule has 0 unspecified atom stereocenters. The minimum absolute atomic E-state index is 0.0152. The van der Waals surface area contributed by atoms with Crippen molar-refractivity contribution in [2.75, 3.05) is 53.6 Å². The first-order valence-electron chi connectivity index (χ1n) is 23.9. The summed E-state index contributed by atoms with van der Waals surface area (Å²) in [7, 11) is 4.34. The van der Waals surface area contributed by atoms with Crippen molar-refractivity contribution in [3.63, 3.8) is 0 Å². The molecule has 9 rings (SSSR count). The lowest BCUT2D eigenvalue weighted by molar-refractivity contribution is -0.218. The molecule has 0 bridgehead atoms. The summed E-state index contributed by atoms with van der Waals surface area (Å²) in [5.74, 6) is 1.71. The number of allylic oxidation sites excluding steroid dienone is 3. The smallest absolute Gasteiger partial charge is 0.335 e. The number of benzene rings is 1. The molecule has 2 heterocycles. The Morgan fingerprint density at radius 1 is 0.883 bits per heavy atom. The van der Waals surface area contributed by atoms with E-state index in [1.165, 1.54) is 48.8 Å². The number of nitrogens with one attached hydrogen (secondary N) is 2. The van der Waals surface area contributed by atoms with Gasteiger partial charge in [-0.15, -0.1) is 0 Å². The molecule has 60 heavy (non-hydrogen) atoms. The van der Waals surface area contributed by atoms with E-state index >= 15 is 0 Å². The van der Waals surface area contributed by atoms with E-state index in [0.717, 1.165) is 84.5 Å². The molecule has 6 aliphatic carbocycles. The largest absolute Gasteiger partial charge is 0.478 e. The van der Waals surface area contributed by atoms with Crippen LogP contribution in [0.1, 0.15) is 135 Å². The van der Waals surface area contributed by atoms with Crippen molar-refractivity contribution < 1.29 is 19.4 Å². The van der Waals surface area contributed by atoms with E-state index in [1.54, 1.807) is 12.1 Å². The number of likely N-dealkylation sites (N-methyl/N-ethyl adjacent to an activating group) is 1. The van der Waals surface area contributed by atoms with Gasteiger partial charge in [-0.1, -0.05) is 65.0 Å². The molecule has 9 nitrogen and oxygen atoms in total. The van der Waals surface area contributed by atoms with Gasteiger partial charge in [0, 0.05) is 25.2 Å². The maximum atomic E-state index is 14.5. The number of aromatic carboxylic acids is 1. The zero-order chi connectivity index (χ0) is 42.6. The molecule has 9 heteroatoms. The fourth-order valence-electron chi connectivity index (χ4n) is 16.3. The first-order chi connectivity index (χ1) is 28.4. The summed E-state index contributed by atoms with van der Waals surface area (Å²) in [6.07, 6.45) is 16.2. The number of rotatable bonds is 9. The van der Waals surface area contributed by atoms with Gasteiger partial charge < -0.3 is 25.4 Å². The molecule has 2 amide bonds. The van der Waals surface area contributed by atoms with Crippen LogP contribution in [0.15, 0.2) is 42.5 Å². The van der Waals surface area contributed by atoms with Crippen molar-refractivity contribution in [1.82, 2.24) is 25.3 Å². The second-order valence-corrected chi connectivity index (χ2v) is 23.1. The molecule has 8 aliphatic rings. The van der Waals surface area contributed by atoms with Gasteiger partial charge in [0.2, 0.25) is 0 Å². The Morgan fingerprint density at radius 2 is 1.63 bits per heavy atom. The van der Waals surface area contributed by atoms with Gasteiger partial charge in [-0.25, -0.2) is 9.59 Å². The maximum absolute atomic E-state index is 14.5. The van der Waals surface area contributed by atoms with Crippen LogP contribution in [0, 0.1) is 51.2 Å². The Bertz CT molecular complexity index is 1890. The van der Waals surface area contributed by atoms with Gasteiger partial charge in [0.05, 0.1) is 43.1 Å². The Kier molecular flexibility index (Phi) is 10.6. The van der Waals surface area contributed by atoms with Crippen LogP contribution < -0.4 is 10.6 Å². The molecule has 330 valence electrons. The second kappa shape index (κ2) is 14.9. The molecule has 7 fully saturated rings. The third kappa shape index (κ3) is 6.67. The Morgan fingerprint density at radius 3 is 2.32 bits per heavy atom. The van der Waals surface area contributed by atoms with E-state index in [2.05, 4.69) is 93.6 Å².